The highest BCUT2D eigenvalue weighted by atomic mass is 79.9. The van der Waals surface area contributed by atoms with Crippen molar-refractivity contribution in [3.05, 3.63) is 28.2 Å². The Bertz CT molecular complexity index is 574. The standard InChI is InChI=1S/C11H14BrF3N2O2S/c1-7(16)2-3-17-20(18,19)10-5-8(11(13,14)15)4-9(12)6-10/h4-7,17H,2-3,16H2,1H3. The van der Waals surface area contributed by atoms with Gasteiger partial charge in [-0.1, -0.05) is 15.9 Å². The van der Waals surface area contributed by atoms with E-state index in [2.05, 4.69) is 20.7 Å². The second-order valence-electron chi connectivity index (χ2n) is 4.34. The first kappa shape index (κ1) is 17.4. The summed E-state index contributed by atoms with van der Waals surface area (Å²) >= 11 is 2.88. The fourth-order valence-electron chi connectivity index (χ4n) is 1.39. The van der Waals surface area contributed by atoms with Crippen molar-refractivity contribution < 1.29 is 21.6 Å². The average Bonchev–Trinajstić information content (AvgIpc) is 2.26. The van der Waals surface area contributed by atoms with Crippen LogP contribution in [0.25, 0.3) is 0 Å². The van der Waals surface area contributed by atoms with Gasteiger partial charge < -0.3 is 5.73 Å². The van der Waals surface area contributed by atoms with Crippen LogP contribution >= 0.6 is 15.9 Å². The Morgan fingerprint density at radius 2 is 1.95 bits per heavy atom. The predicted octanol–water partition coefficient (Wildman–Crippen LogP) is 2.48. The van der Waals surface area contributed by atoms with Crippen LogP contribution in [0.2, 0.25) is 0 Å². The maximum absolute atomic E-state index is 12.6. The fourth-order valence-corrected chi connectivity index (χ4v) is 3.15. The van der Waals surface area contributed by atoms with E-state index in [1.165, 1.54) is 0 Å². The molecule has 0 heterocycles. The van der Waals surface area contributed by atoms with Gasteiger partial charge in [0.25, 0.3) is 0 Å². The SMILES string of the molecule is CC(N)CCNS(=O)(=O)c1cc(Br)cc(C(F)(F)F)c1. The van der Waals surface area contributed by atoms with Gasteiger partial charge in [-0.15, -0.1) is 0 Å². The van der Waals surface area contributed by atoms with Crippen LogP contribution in [0.15, 0.2) is 27.6 Å². The molecule has 0 aliphatic carbocycles. The second-order valence-corrected chi connectivity index (χ2v) is 7.02. The Kier molecular flexibility index (Phi) is 5.59. The molecule has 0 aromatic heterocycles. The van der Waals surface area contributed by atoms with Crippen molar-refractivity contribution in [3.8, 4) is 0 Å². The number of sulfonamides is 1. The first-order chi connectivity index (χ1) is 9.02. The van der Waals surface area contributed by atoms with Crippen molar-refractivity contribution in [1.82, 2.24) is 4.72 Å². The third kappa shape index (κ3) is 5.04. The van der Waals surface area contributed by atoms with Gasteiger partial charge in [-0.2, -0.15) is 13.2 Å². The molecule has 4 nitrogen and oxygen atoms in total. The molecule has 0 aliphatic rings. The van der Waals surface area contributed by atoms with Gasteiger partial charge in [0.1, 0.15) is 0 Å². The highest BCUT2D eigenvalue weighted by Crippen LogP contribution is 2.33. The van der Waals surface area contributed by atoms with Gasteiger partial charge in [0.15, 0.2) is 0 Å². The lowest BCUT2D eigenvalue weighted by atomic mass is 10.2. The van der Waals surface area contributed by atoms with E-state index in [0.717, 1.165) is 12.1 Å². The first-order valence-electron chi connectivity index (χ1n) is 5.65. The summed E-state index contributed by atoms with van der Waals surface area (Å²) in [4.78, 5) is -0.441. The van der Waals surface area contributed by atoms with Crippen molar-refractivity contribution in [1.29, 1.82) is 0 Å². The smallest absolute Gasteiger partial charge is 0.328 e. The molecule has 1 aromatic rings. The highest BCUT2D eigenvalue weighted by Gasteiger charge is 2.32. The molecule has 1 unspecified atom stereocenters. The van der Waals surface area contributed by atoms with Gasteiger partial charge in [-0.25, -0.2) is 13.1 Å². The van der Waals surface area contributed by atoms with Crippen molar-refractivity contribution in [3.63, 3.8) is 0 Å². The number of nitrogens with two attached hydrogens (primary N) is 1. The Morgan fingerprint density at radius 1 is 1.35 bits per heavy atom. The molecule has 0 aliphatic heterocycles. The van der Waals surface area contributed by atoms with Gasteiger partial charge in [-0.05, 0) is 31.5 Å². The number of hydrogen-bond acceptors (Lipinski definition) is 3. The lowest BCUT2D eigenvalue weighted by Gasteiger charge is -2.12. The van der Waals surface area contributed by atoms with E-state index in [-0.39, 0.29) is 17.1 Å². The van der Waals surface area contributed by atoms with Crippen molar-refractivity contribution in [2.45, 2.75) is 30.5 Å². The number of nitrogens with one attached hydrogen (secondary N) is 1. The number of benzene rings is 1. The summed E-state index contributed by atoms with van der Waals surface area (Å²) in [5.41, 5.74) is 4.45. The summed E-state index contributed by atoms with van der Waals surface area (Å²) in [6.07, 6.45) is -4.22. The van der Waals surface area contributed by atoms with E-state index in [1.807, 2.05) is 0 Å². The quantitative estimate of drug-likeness (QED) is 0.831. The molecule has 1 atom stereocenters. The monoisotopic (exact) mass is 374 g/mol. The van der Waals surface area contributed by atoms with Crippen molar-refractivity contribution >= 4 is 26.0 Å². The van der Waals surface area contributed by atoms with Crippen LogP contribution in [-0.4, -0.2) is 21.0 Å². The predicted molar refractivity (Wildman–Crippen MR) is 72.6 cm³/mol. The van der Waals surface area contributed by atoms with Gasteiger partial charge in [0.2, 0.25) is 10.0 Å². The fraction of sp³-hybridized carbons (Fsp3) is 0.455. The Labute approximate surface area is 123 Å². The zero-order valence-corrected chi connectivity index (χ0v) is 12.9. The topological polar surface area (TPSA) is 72.2 Å². The molecule has 0 saturated carbocycles. The lowest BCUT2D eigenvalue weighted by molar-refractivity contribution is -0.137. The molecular formula is C11H14BrF3N2O2S. The van der Waals surface area contributed by atoms with E-state index in [9.17, 15) is 21.6 Å². The zero-order valence-electron chi connectivity index (χ0n) is 10.5. The minimum absolute atomic E-state index is 0.0416. The summed E-state index contributed by atoms with van der Waals surface area (Å²) in [5.74, 6) is 0. The molecule has 0 saturated heterocycles. The summed E-state index contributed by atoms with van der Waals surface area (Å²) < 4.78 is 64.0. The van der Waals surface area contributed by atoms with Crippen LogP contribution in [0.3, 0.4) is 0 Å². The second kappa shape index (κ2) is 6.42. The number of halogens is 4. The Balaban J connectivity index is 3.03. The van der Waals surface area contributed by atoms with Crippen LogP contribution in [0.5, 0.6) is 0 Å². The number of hydrogen-bond donors (Lipinski definition) is 2. The van der Waals surface area contributed by atoms with Crippen LogP contribution in [-0.2, 0) is 16.2 Å². The summed E-state index contributed by atoms with van der Waals surface area (Å²) in [6, 6.07) is 2.33. The maximum Gasteiger partial charge on any atom is 0.416 e. The van der Waals surface area contributed by atoms with Gasteiger partial charge >= 0.3 is 6.18 Å². The van der Waals surface area contributed by atoms with Gasteiger partial charge in [-0.3, -0.25) is 0 Å². The van der Waals surface area contributed by atoms with E-state index < -0.39 is 26.7 Å². The summed E-state index contributed by atoms with van der Waals surface area (Å²) in [6.45, 7) is 1.77. The molecule has 1 aromatic carbocycles. The molecule has 20 heavy (non-hydrogen) atoms. The summed E-state index contributed by atoms with van der Waals surface area (Å²) in [7, 11) is -4.00. The molecule has 9 heteroatoms. The Morgan fingerprint density at radius 3 is 2.45 bits per heavy atom. The first-order valence-corrected chi connectivity index (χ1v) is 7.93. The molecule has 0 amide bonds. The molecular weight excluding hydrogens is 361 g/mol. The van der Waals surface area contributed by atoms with E-state index in [1.54, 1.807) is 6.92 Å². The number of rotatable bonds is 5. The molecule has 0 spiro atoms. The third-order valence-corrected chi connectivity index (χ3v) is 4.30. The van der Waals surface area contributed by atoms with Crippen LogP contribution in [0.1, 0.15) is 18.9 Å². The maximum atomic E-state index is 12.6. The van der Waals surface area contributed by atoms with E-state index in [0.29, 0.717) is 12.5 Å². The normalized spacial score (nSPS) is 14.3. The van der Waals surface area contributed by atoms with Crippen LogP contribution in [0.4, 0.5) is 13.2 Å². The molecule has 0 radical (unpaired) electrons. The van der Waals surface area contributed by atoms with E-state index >= 15 is 0 Å². The van der Waals surface area contributed by atoms with Crippen molar-refractivity contribution in [2.75, 3.05) is 6.54 Å². The zero-order chi connectivity index (χ0) is 15.6. The molecule has 1 rings (SSSR count). The van der Waals surface area contributed by atoms with Crippen LogP contribution < -0.4 is 10.5 Å². The largest absolute Gasteiger partial charge is 0.416 e. The van der Waals surface area contributed by atoms with Gasteiger partial charge in [0, 0.05) is 17.1 Å². The number of alkyl halides is 3. The van der Waals surface area contributed by atoms with E-state index in [4.69, 9.17) is 5.73 Å². The minimum Gasteiger partial charge on any atom is -0.328 e. The molecule has 3 N–H and O–H groups in total. The minimum atomic E-state index is -4.61. The van der Waals surface area contributed by atoms with Crippen molar-refractivity contribution in [2.24, 2.45) is 5.73 Å². The van der Waals surface area contributed by atoms with Crippen LogP contribution in [0, 0.1) is 0 Å². The average molecular weight is 375 g/mol. The summed E-state index contributed by atoms with van der Waals surface area (Å²) in [5, 5.41) is 0. The molecule has 0 bridgehead atoms. The third-order valence-electron chi connectivity index (χ3n) is 2.40. The highest BCUT2D eigenvalue weighted by molar-refractivity contribution is 9.10. The molecule has 114 valence electrons. The molecule has 0 fully saturated rings. The lowest BCUT2D eigenvalue weighted by Crippen LogP contribution is -2.29. The van der Waals surface area contributed by atoms with Gasteiger partial charge in [0.05, 0.1) is 10.5 Å². The Hall–Kier alpha value is -0.640.